The molecule has 2 heteroatoms. The van der Waals surface area contributed by atoms with Crippen LogP contribution in [0, 0.1) is 19.8 Å². The first-order valence-corrected chi connectivity index (χ1v) is 4.94. The molecule has 0 bridgehead atoms. The van der Waals surface area contributed by atoms with E-state index in [2.05, 4.69) is 25.8 Å². The molecule has 0 saturated heterocycles. The highest BCUT2D eigenvalue weighted by molar-refractivity contribution is 7.11. The highest BCUT2D eigenvalue weighted by atomic mass is 32.1. The Kier molecular flexibility index (Phi) is 1.53. The quantitative estimate of drug-likeness (QED) is 0.626. The molecule has 11 heavy (non-hydrogen) atoms. The second-order valence-electron chi connectivity index (χ2n) is 3.49. The van der Waals surface area contributed by atoms with Crippen molar-refractivity contribution < 1.29 is 0 Å². The van der Waals surface area contributed by atoms with Gasteiger partial charge < -0.3 is 0 Å². The van der Waals surface area contributed by atoms with Crippen LogP contribution in [0.5, 0.6) is 0 Å². The van der Waals surface area contributed by atoms with E-state index in [4.69, 9.17) is 0 Å². The lowest BCUT2D eigenvalue weighted by Gasteiger charge is -1.91. The van der Waals surface area contributed by atoms with Gasteiger partial charge >= 0.3 is 0 Å². The molecule has 2 rings (SSSR count). The Hall–Kier alpha value is -0.370. The van der Waals surface area contributed by atoms with Crippen LogP contribution in [-0.2, 0) is 0 Å². The SMILES string of the molecule is Cc1nc(C2CC2C)c(C)s1. The number of nitrogens with zero attached hydrogens (tertiary/aromatic N) is 1. The zero-order valence-corrected chi connectivity index (χ0v) is 8.03. The molecular weight excluding hydrogens is 154 g/mol. The van der Waals surface area contributed by atoms with E-state index in [1.165, 1.54) is 22.0 Å². The zero-order chi connectivity index (χ0) is 8.01. The smallest absolute Gasteiger partial charge is 0.0900 e. The summed E-state index contributed by atoms with van der Waals surface area (Å²) < 4.78 is 0. The minimum Gasteiger partial charge on any atom is -0.246 e. The van der Waals surface area contributed by atoms with Crippen LogP contribution in [0.2, 0.25) is 0 Å². The van der Waals surface area contributed by atoms with Crippen molar-refractivity contribution >= 4 is 11.3 Å². The summed E-state index contributed by atoms with van der Waals surface area (Å²) in [6, 6.07) is 0. The van der Waals surface area contributed by atoms with E-state index in [9.17, 15) is 0 Å². The predicted molar refractivity (Wildman–Crippen MR) is 48.1 cm³/mol. The van der Waals surface area contributed by atoms with Gasteiger partial charge in [-0.2, -0.15) is 0 Å². The number of thiazole rings is 1. The van der Waals surface area contributed by atoms with Crippen molar-refractivity contribution in [1.82, 2.24) is 4.98 Å². The lowest BCUT2D eigenvalue weighted by molar-refractivity contribution is 0.883. The van der Waals surface area contributed by atoms with Crippen molar-refractivity contribution in [3.63, 3.8) is 0 Å². The molecule has 1 aromatic heterocycles. The second-order valence-corrected chi connectivity index (χ2v) is 4.90. The molecule has 0 spiro atoms. The zero-order valence-electron chi connectivity index (χ0n) is 7.22. The maximum Gasteiger partial charge on any atom is 0.0900 e. The molecule has 2 unspecified atom stereocenters. The fraction of sp³-hybridized carbons (Fsp3) is 0.667. The number of hydrogen-bond donors (Lipinski definition) is 0. The third-order valence-electron chi connectivity index (χ3n) is 2.40. The summed E-state index contributed by atoms with van der Waals surface area (Å²) in [6.07, 6.45) is 1.35. The van der Waals surface area contributed by atoms with Crippen molar-refractivity contribution in [3.8, 4) is 0 Å². The molecular formula is C9H13NS. The van der Waals surface area contributed by atoms with Crippen LogP contribution < -0.4 is 0 Å². The van der Waals surface area contributed by atoms with Crippen molar-refractivity contribution in [2.24, 2.45) is 5.92 Å². The first-order chi connectivity index (χ1) is 5.18. The van der Waals surface area contributed by atoms with E-state index >= 15 is 0 Å². The van der Waals surface area contributed by atoms with Crippen molar-refractivity contribution in [2.75, 3.05) is 0 Å². The first-order valence-electron chi connectivity index (χ1n) is 4.12. The molecule has 0 aromatic carbocycles. The number of aryl methyl sites for hydroxylation is 2. The topological polar surface area (TPSA) is 12.9 Å². The van der Waals surface area contributed by atoms with Gasteiger partial charge in [-0.1, -0.05) is 6.92 Å². The third kappa shape index (κ3) is 1.20. The molecule has 1 heterocycles. The van der Waals surface area contributed by atoms with Gasteiger partial charge in [-0.3, -0.25) is 0 Å². The van der Waals surface area contributed by atoms with Crippen molar-refractivity contribution in [3.05, 3.63) is 15.6 Å². The Morgan fingerprint density at radius 2 is 2.09 bits per heavy atom. The van der Waals surface area contributed by atoms with Gasteiger partial charge in [0.25, 0.3) is 0 Å². The molecule has 2 atom stereocenters. The Labute approximate surface area is 71.5 Å². The van der Waals surface area contributed by atoms with E-state index in [0.717, 1.165) is 11.8 Å². The lowest BCUT2D eigenvalue weighted by Crippen LogP contribution is -1.83. The average molecular weight is 167 g/mol. The standard InChI is InChI=1S/C9H13NS/c1-5-4-8(5)9-6(2)11-7(3)10-9/h5,8H,4H2,1-3H3. The molecule has 1 aromatic rings. The number of hydrogen-bond acceptors (Lipinski definition) is 2. The minimum absolute atomic E-state index is 0.792. The third-order valence-corrected chi connectivity index (χ3v) is 3.30. The fourth-order valence-electron chi connectivity index (χ4n) is 1.59. The summed E-state index contributed by atoms with van der Waals surface area (Å²) in [7, 11) is 0. The Bertz CT molecular complexity index is 277. The van der Waals surface area contributed by atoms with Crippen LogP contribution in [0.3, 0.4) is 0 Å². The molecule has 1 nitrogen and oxygen atoms in total. The van der Waals surface area contributed by atoms with Gasteiger partial charge in [-0.25, -0.2) is 4.98 Å². The summed E-state index contributed by atoms with van der Waals surface area (Å²) in [5, 5.41) is 1.22. The monoisotopic (exact) mass is 167 g/mol. The van der Waals surface area contributed by atoms with Crippen LogP contribution >= 0.6 is 11.3 Å². The van der Waals surface area contributed by atoms with Crippen LogP contribution in [0.25, 0.3) is 0 Å². The van der Waals surface area contributed by atoms with E-state index in [-0.39, 0.29) is 0 Å². The predicted octanol–water partition coefficient (Wildman–Crippen LogP) is 2.88. The Morgan fingerprint density at radius 3 is 2.45 bits per heavy atom. The van der Waals surface area contributed by atoms with Crippen LogP contribution in [0.1, 0.15) is 34.8 Å². The van der Waals surface area contributed by atoms with Crippen molar-refractivity contribution in [1.29, 1.82) is 0 Å². The molecule has 0 radical (unpaired) electrons. The van der Waals surface area contributed by atoms with Gasteiger partial charge in [-0.15, -0.1) is 11.3 Å². The Balaban J connectivity index is 2.30. The van der Waals surface area contributed by atoms with E-state index < -0.39 is 0 Å². The summed E-state index contributed by atoms with van der Waals surface area (Å²) in [5.74, 6) is 1.68. The summed E-state index contributed by atoms with van der Waals surface area (Å²) in [5.41, 5.74) is 1.38. The molecule has 1 fully saturated rings. The normalized spacial score (nSPS) is 29.0. The minimum atomic E-state index is 0.792. The van der Waals surface area contributed by atoms with Gasteiger partial charge in [0.15, 0.2) is 0 Å². The van der Waals surface area contributed by atoms with Crippen LogP contribution in [0.4, 0.5) is 0 Å². The van der Waals surface area contributed by atoms with Crippen molar-refractivity contribution in [2.45, 2.75) is 33.1 Å². The molecule has 0 N–H and O–H groups in total. The maximum atomic E-state index is 4.54. The summed E-state index contributed by atoms with van der Waals surface area (Å²) in [4.78, 5) is 5.97. The molecule has 0 amide bonds. The fourth-order valence-corrected chi connectivity index (χ4v) is 2.48. The lowest BCUT2D eigenvalue weighted by atomic mass is 10.2. The second kappa shape index (κ2) is 2.31. The highest BCUT2D eigenvalue weighted by Gasteiger charge is 2.36. The van der Waals surface area contributed by atoms with Gasteiger partial charge in [0, 0.05) is 10.8 Å². The molecule has 60 valence electrons. The summed E-state index contributed by atoms with van der Waals surface area (Å²) in [6.45, 7) is 6.58. The Morgan fingerprint density at radius 1 is 1.45 bits per heavy atom. The van der Waals surface area contributed by atoms with Gasteiger partial charge in [0.2, 0.25) is 0 Å². The number of rotatable bonds is 1. The van der Waals surface area contributed by atoms with E-state index in [1.807, 2.05) is 11.3 Å². The molecule has 1 saturated carbocycles. The maximum absolute atomic E-state index is 4.54. The van der Waals surface area contributed by atoms with E-state index in [1.54, 1.807) is 0 Å². The number of aromatic nitrogens is 1. The molecule has 0 aliphatic heterocycles. The molecule has 1 aliphatic carbocycles. The largest absolute Gasteiger partial charge is 0.246 e. The van der Waals surface area contributed by atoms with E-state index in [0.29, 0.717) is 0 Å². The average Bonchev–Trinajstić information content (AvgIpc) is 2.52. The highest BCUT2D eigenvalue weighted by Crippen LogP contribution is 2.48. The first kappa shape index (κ1) is 7.29. The van der Waals surface area contributed by atoms with Gasteiger partial charge in [0.1, 0.15) is 0 Å². The van der Waals surface area contributed by atoms with Gasteiger partial charge in [0.05, 0.1) is 10.7 Å². The molecule has 1 aliphatic rings. The van der Waals surface area contributed by atoms with Gasteiger partial charge in [-0.05, 0) is 26.2 Å². The summed E-state index contributed by atoms with van der Waals surface area (Å²) >= 11 is 1.83. The van der Waals surface area contributed by atoms with Crippen LogP contribution in [0.15, 0.2) is 0 Å². The van der Waals surface area contributed by atoms with Crippen LogP contribution in [-0.4, -0.2) is 4.98 Å².